The topological polar surface area (TPSA) is 40.7 Å². The Hall–Kier alpha value is -3.19. The molecule has 1 saturated carbocycles. The number of nitrogens with zero attached hydrogens (tertiary/aromatic N) is 1. The molecule has 0 radical (unpaired) electrons. The Morgan fingerprint density at radius 3 is 2.19 bits per heavy atom. The molecule has 0 spiro atoms. The second-order valence-corrected chi connectivity index (χ2v) is 7.92. The van der Waals surface area contributed by atoms with Crippen molar-refractivity contribution in [3.63, 3.8) is 0 Å². The largest absolute Gasteiger partial charge is 0.342 e. The lowest BCUT2D eigenvalue weighted by Crippen LogP contribution is -2.15. The highest BCUT2D eigenvalue weighted by Gasteiger charge is 2.27. The van der Waals surface area contributed by atoms with E-state index in [9.17, 15) is 0 Å². The van der Waals surface area contributed by atoms with Crippen molar-refractivity contribution in [3.8, 4) is 22.3 Å². The van der Waals surface area contributed by atoms with Gasteiger partial charge in [0.25, 0.3) is 0 Å². The Labute approximate surface area is 176 Å². The standard InChI is InChI=1S/C24H19F4N3/c1-12-30-17-8-5-15(10-18(17)31-12)20-23(27)21(25)19(22(26)24(20)28)14-4-2-3-13(9-14)11-29-16-6-7-16/h2-5,8-10,16,29H,6-7,11H2,1H3,(H,30,31). The van der Waals surface area contributed by atoms with E-state index >= 15 is 17.6 Å². The number of halogens is 4. The molecular formula is C24H19F4N3. The average molecular weight is 425 g/mol. The number of nitrogens with one attached hydrogen (secondary N) is 2. The fourth-order valence-corrected chi connectivity index (χ4v) is 3.82. The van der Waals surface area contributed by atoms with Crippen molar-refractivity contribution < 1.29 is 17.6 Å². The first-order valence-electron chi connectivity index (χ1n) is 10.1. The van der Waals surface area contributed by atoms with E-state index in [4.69, 9.17) is 0 Å². The summed E-state index contributed by atoms with van der Waals surface area (Å²) in [5.74, 6) is -5.06. The summed E-state index contributed by atoms with van der Waals surface area (Å²) in [4.78, 5) is 7.18. The van der Waals surface area contributed by atoms with Gasteiger partial charge in [0.2, 0.25) is 0 Å². The molecule has 0 saturated heterocycles. The minimum absolute atomic E-state index is 0.0258. The predicted molar refractivity (Wildman–Crippen MR) is 111 cm³/mol. The maximum absolute atomic E-state index is 15.0. The monoisotopic (exact) mass is 425 g/mol. The molecule has 7 heteroatoms. The van der Waals surface area contributed by atoms with Gasteiger partial charge in [0.05, 0.1) is 22.2 Å². The van der Waals surface area contributed by atoms with Crippen molar-refractivity contribution in [1.29, 1.82) is 0 Å². The Bertz CT molecular complexity index is 1280. The Kier molecular flexibility index (Phi) is 4.78. The maximum Gasteiger partial charge on any atom is 0.170 e. The van der Waals surface area contributed by atoms with E-state index in [0.29, 0.717) is 29.4 Å². The number of H-pyrrole nitrogens is 1. The third kappa shape index (κ3) is 3.59. The molecule has 0 amide bonds. The fraction of sp³-hybridized carbons (Fsp3) is 0.208. The smallest absolute Gasteiger partial charge is 0.170 e. The minimum Gasteiger partial charge on any atom is -0.342 e. The molecule has 5 rings (SSSR count). The molecule has 0 bridgehead atoms. The van der Waals surface area contributed by atoms with E-state index in [1.165, 1.54) is 18.2 Å². The molecule has 31 heavy (non-hydrogen) atoms. The second-order valence-electron chi connectivity index (χ2n) is 7.92. The van der Waals surface area contributed by atoms with Crippen LogP contribution in [-0.4, -0.2) is 16.0 Å². The molecule has 4 aromatic rings. The quantitative estimate of drug-likeness (QED) is 0.304. The van der Waals surface area contributed by atoms with E-state index in [1.54, 1.807) is 31.2 Å². The molecular weight excluding hydrogens is 406 g/mol. The highest BCUT2D eigenvalue weighted by Crippen LogP contribution is 2.37. The number of rotatable bonds is 5. The summed E-state index contributed by atoms with van der Waals surface area (Å²) >= 11 is 0. The number of hydrogen-bond acceptors (Lipinski definition) is 2. The van der Waals surface area contributed by atoms with Crippen LogP contribution in [0.5, 0.6) is 0 Å². The van der Waals surface area contributed by atoms with E-state index < -0.39 is 34.4 Å². The minimum atomic E-state index is -1.43. The van der Waals surface area contributed by atoms with Gasteiger partial charge in [-0.05, 0) is 54.7 Å². The Balaban J connectivity index is 1.60. The van der Waals surface area contributed by atoms with E-state index in [-0.39, 0.29) is 11.1 Å². The molecule has 1 heterocycles. The molecule has 0 atom stereocenters. The molecule has 1 aliphatic rings. The third-order valence-corrected chi connectivity index (χ3v) is 5.54. The van der Waals surface area contributed by atoms with Crippen LogP contribution in [0.2, 0.25) is 0 Å². The average Bonchev–Trinajstić information content (AvgIpc) is 3.51. The van der Waals surface area contributed by atoms with Crippen LogP contribution < -0.4 is 5.32 Å². The van der Waals surface area contributed by atoms with Crippen molar-refractivity contribution in [2.24, 2.45) is 0 Å². The fourth-order valence-electron chi connectivity index (χ4n) is 3.82. The number of aromatic nitrogens is 2. The van der Waals surface area contributed by atoms with Gasteiger partial charge in [-0.3, -0.25) is 0 Å². The van der Waals surface area contributed by atoms with Crippen LogP contribution in [0.25, 0.3) is 33.3 Å². The first kappa shape index (κ1) is 19.8. The lowest BCUT2D eigenvalue weighted by atomic mass is 9.96. The molecule has 0 aliphatic heterocycles. The third-order valence-electron chi connectivity index (χ3n) is 5.54. The van der Waals surface area contributed by atoms with Crippen molar-refractivity contribution in [3.05, 3.63) is 77.1 Å². The van der Waals surface area contributed by atoms with Crippen LogP contribution in [0.15, 0.2) is 42.5 Å². The van der Waals surface area contributed by atoms with Gasteiger partial charge in [0, 0.05) is 12.6 Å². The van der Waals surface area contributed by atoms with Crippen molar-refractivity contribution in [1.82, 2.24) is 15.3 Å². The van der Waals surface area contributed by atoms with Crippen molar-refractivity contribution in [2.75, 3.05) is 0 Å². The summed E-state index contributed by atoms with van der Waals surface area (Å²) < 4.78 is 60.1. The van der Waals surface area contributed by atoms with Crippen molar-refractivity contribution in [2.45, 2.75) is 32.4 Å². The molecule has 1 aromatic heterocycles. The lowest BCUT2D eigenvalue weighted by molar-refractivity contribution is 0.463. The normalized spacial score (nSPS) is 13.8. The molecule has 2 N–H and O–H groups in total. The zero-order chi connectivity index (χ0) is 21.7. The van der Waals surface area contributed by atoms with Gasteiger partial charge in [-0.15, -0.1) is 0 Å². The SMILES string of the molecule is Cc1nc2ccc(-c3c(F)c(F)c(-c4cccc(CNC5CC5)c4)c(F)c3F)cc2[nH]1. The van der Waals surface area contributed by atoms with E-state index in [0.717, 1.165) is 18.4 Å². The zero-order valence-electron chi connectivity index (χ0n) is 16.7. The number of aryl methyl sites for hydroxylation is 1. The molecule has 158 valence electrons. The van der Waals surface area contributed by atoms with Gasteiger partial charge in [-0.2, -0.15) is 0 Å². The van der Waals surface area contributed by atoms with Crippen LogP contribution in [0, 0.1) is 30.2 Å². The highest BCUT2D eigenvalue weighted by molar-refractivity contribution is 5.83. The number of hydrogen-bond donors (Lipinski definition) is 2. The van der Waals surface area contributed by atoms with Gasteiger partial charge < -0.3 is 10.3 Å². The number of imidazole rings is 1. The van der Waals surface area contributed by atoms with Crippen LogP contribution >= 0.6 is 0 Å². The molecule has 1 aliphatic carbocycles. The maximum atomic E-state index is 15.0. The summed E-state index contributed by atoms with van der Waals surface area (Å²) in [6.45, 7) is 2.26. The summed E-state index contributed by atoms with van der Waals surface area (Å²) in [5, 5.41) is 3.31. The van der Waals surface area contributed by atoms with E-state index in [2.05, 4.69) is 15.3 Å². The first-order chi connectivity index (χ1) is 14.9. The predicted octanol–water partition coefficient (Wildman–Crippen LogP) is 6.01. The summed E-state index contributed by atoms with van der Waals surface area (Å²) in [6.07, 6.45) is 2.20. The molecule has 0 unspecified atom stereocenters. The Morgan fingerprint density at radius 1 is 0.903 bits per heavy atom. The summed E-state index contributed by atoms with van der Waals surface area (Å²) in [6, 6.07) is 11.3. The van der Waals surface area contributed by atoms with E-state index in [1.807, 2.05) is 0 Å². The molecule has 3 nitrogen and oxygen atoms in total. The number of aromatic amines is 1. The Morgan fingerprint density at radius 2 is 1.55 bits per heavy atom. The van der Waals surface area contributed by atoms with Crippen molar-refractivity contribution >= 4 is 11.0 Å². The van der Waals surface area contributed by atoms with Crippen LogP contribution in [0.4, 0.5) is 17.6 Å². The number of benzene rings is 3. The van der Waals surface area contributed by atoms with Gasteiger partial charge in [0.15, 0.2) is 23.3 Å². The second kappa shape index (κ2) is 7.50. The highest BCUT2D eigenvalue weighted by atomic mass is 19.2. The summed E-state index contributed by atoms with van der Waals surface area (Å²) in [7, 11) is 0. The van der Waals surface area contributed by atoms with Crippen LogP contribution in [0.3, 0.4) is 0 Å². The summed E-state index contributed by atoms with van der Waals surface area (Å²) in [5.41, 5.74) is 0.580. The van der Waals surface area contributed by atoms with Gasteiger partial charge in [0.1, 0.15) is 5.82 Å². The molecule has 3 aromatic carbocycles. The van der Waals surface area contributed by atoms with Gasteiger partial charge in [-0.25, -0.2) is 22.5 Å². The zero-order valence-corrected chi connectivity index (χ0v) is 16.7. The lowest BCUT2D eigenvalue weighted by Gasteiger charge is -2.13. The first-order valence-corrected chi connectivity index (χ1v) is 10.1. The van der Waals surface area contributed by atoms with Gasteiger partial charge >= 0.3 is 0 Å². The van der Waals surface area contributed by atoms with Crippen LogP contribution in [-0.2, 0) is 6.54 Å². The van der Waals surface area contributed by atoms with Crippen LogP contribution in [0.1, 0.15) is 24.2 Å². The molecule has 1 fully saturated rings. The number of fused-ring (bicyclic) bond motifs is 1. The van der Waals surface area contributed by atoms with Gasteiger partial charge in [-0.1, -0.05) is 24.3 Å².